The molecule has 2 rings (SSSR count). The van der Waals surface area contributed by atoms with Gasteiger partial charge < -0.3 is 9.84 Å². The molecule has 1 unspecified atom stereocenters. The van der Waals surface area contributed by atoms with Gasteiger partial charge in [-0.15, -0.1) is 0 Å². The highest BCUT2D eigenvalue weighted by Crippen LogP contribution is 2.33. The average molecular weight is 208 g/mol. The number of nitriles is 1. The van der Waals surface area contributed by atoms with Gasteiger partial charge in [0, 0.05) is 5.56 Å². The molecule has 1 heterocycles. The van der Waals surface area contributed by atoms with Crippen molar-refractivity contribution >= 4 is 0 Å². The van der Waals surface area contributed by atoms with Gasteiger partial charge in [-0.3, -0.25) is 0 Å². The minimum absolute atomic E-state index is 0.123. The number of nitrogens with zero attached hydrogens (tertiary/aromatic N) is 1. The van der Waals surface area contributed by atoms with Gasteiger partial charge in [-0.1, -0.05) is 0 Å². The normalized spacial score (nSPS) is 19.8. The van der Waals surface area contributed by atoms with Crippen LogP contribution in [-0.4, -0.2) is 11.7 Å². The summed E-state index contributed by atoms with van der Waals surface area (Å²) in [6, 6.07) is 2.89. The minimum atomic E-state index is -0.770. The van der Waals surface area contributed by atoms with Crippen LogP contribution in [0.1, 0.15) is 24.5 Å². The number of benzene rings is 1. The third kappa shape index (κ3) is 1.55. The van der Waals surface area contributed by atoms with E-state index in [0.29, 0.717) is 24.0 Å². The van der Waals surface area contributed by atoms with Crippen molar-refractivity contribution in [3.63, 3.8) is 0 Å². The second kappa shape index (κ2) is 3.87. The quantitative estimate of drug-likeness (QED) is 0.761. The fourth-order valence-electron chi connectivity index (χ4n) is 1.71. The van der Waals surface area contributed by atoms with E-state index in [1.54, 1.807) is 6.07 Å². The highest BCUT2D eigenvalue weighted by atomic mass is 19.1. The molecule has 3 nitrogen and oxygen atoms in total. The molecule has 0 radical (unpaired) electrons. The van der Waals surface area contributed by atoms with Gasteiger partial charge >= 0.3 is 0 Å². The van der Waals surface area contributed by atoms with E-state index in [0.717, 1.165) is 6.07 Å². The average Bonchev–Trinajstić information content (AvgIpc) is 2.27. The molecule has 1 aromatic carbocycles. The zero-order valence-corrected chi connectivity index (χ0v) is 7.96. The molecular weight excluding hydrogens is 197 g/mol. The van der Waals surface area contributed by atoms with Crippen LogP contribution < -0.4 is 4.74 Å². The summed E-state index contributed by atoms with van der Waals surface area (Å²) in [5.74, 6) is -0.586. The highest BCUT2D eigenvalue weighted by molar-refractivity contribution is 5.53. The van der Waals surface area contributed by atoms with E-state index in [4.69, 9.17) is 16.5 Å². The predicted molar refractivity (Wildman–Crippen MR) is 50.9 cm³/mol. The van der Waals surface area contributed by atoms with Gasteiger partial charge in [0.2, 0.25) is 0 Å². The van der Waals surface area contributed by atoms with Crippen molar-refractivity contribution in [1.82, 2.24) is 0 Å². The lowest BCUT2D eigenvalue weighted by Gasteiger charge is -2.21. The Bertz CT molecular complexity index is 470. The smallest absolute Gasteiger partial charge is 0.145 e. The summed E-state index contributed by atoms with van der Waals surface area (Å²) < 4.78 is 26.1. The summed E-state index contributed by atoms with van der Waals surface area (Å²) >= 11 is 0. The van der Waals surface area contributed by atoms with Gasteiger partial charge in [-0.25, -0.2) is 4.39 Å². The zero-order chi connectivity index (χ0) is 11.7. The molecule has 1 N–H and O–H groups in total. The first-order valence-electron chi connectivity index (χ1n) is 5.19. The van der Waals surface area contributed by atoms with Crippen molar-refractivity contribution < 1.29 is 15.6 Å². The number of rotatable bonds is 1. The van der Waals surface area contributed by atoms with Crippen LogP contribution in [0, 0.1) is 17.1 Å². The number of hydrogen-bond acceptors (Lipinski definition) is 3. The van der Waals surface area contributed by atoms with E-state index in [-0.39, 0.29) is 17.9 Å². The van der Waals surface area contributed by atoms with E-state index in [2.05, 4.69) is 0 Å². The summed E-state index contributed by atoms with van der Waals surface area (Å²) in [4.78, 5) is 0. The molecular formula is C11H10FNO2. The molecule has 0 spiro atoms. The van der Waals surface area contributed by atoms with Crippen LogP contribution >= 0.6 is 0 Å². The maximum Gasteiger partial charge on any atom is 0.145 e. The Kier molecular flexibility index (Phi) is 2.24. The largest absolute Gasteiger partial charge is 0.492 e. The Balaban J connectivity index is 2.64. The van der Waals surface area contributed by atoms with Crippen LogP contribution in [0.25, 0.3) is 0 Å². The number of hydrogen-bond donors (Lipinski definition) is 1. The van der Waals surface area contributed by atoms with E-state index >= 15 is 0 Å². The fraction of sp³-hybridized carbons (Fsp3) is 0.364. The van der Waals surface area contributed by atoms with Crippen molar-refractivity contribution in [3.05, 3.63) is 28.6 Å². The van der Waals surface area contributed by atoms with E-state index in [1.165, 1.54) is 0 Å². The van der Waals surface area contributed by atoms with Crippen LogP contribution in [0.2, 0.25) is 0 Å². The van der Waals surface area contributed by atoms with Crippen LogP contribution in [0.4, 0.5) is 4.39 Å². The van der Waals surface area contributed by atoms with Gasteiger partial charge in [0.05, 0.1) is 14.6 Å². The third-order valence-corrected chi connectivity index (χ3v) is 2.42. The SMILES string of the molecule is [2H]C1CCc2c(CO)cc(F)c(C#N)c2O1. The Hall–Kier alpha value is -1.60. The van der Waals surface area contributed by atoms with Gasteiger partial charge in [0.15, 0.2) is 0 Å². The molecule has 0 saturated carbocycles. The maximum absolute atomic E-state index is 13.5. The Labute approximate surface area is 88.1 Å². The predicted octanol–water partition coefficient (Wildman–Crippen LogP) is 1.51. The molecule has 15 heavy (non-hydrogen) atoms. The van der Waals surface area contributed by atoms with E-state index in [1.807, 2.05) is 0 Å². The van der Waals surface area contributed by atoms with Crippen LogP contribution in [0.15, 0.2) is 6.07 Å². The van der Waals surface area contributed by atoms with Gasteiger partial charge in [-0.2, -0.15) is 5.26 Å². The number of halogens is 1. The topological polar surface area (TPSA) is 53.2 Å². The summed E-state index contributed by atoms with van der Waals surface area (Å²) in [6.07, 6.45) is 1.00. The zero-order valence-electron chi connectivity index (χ0n) is 8.96. The molecule has 1 aliphatic heterocycles. The summed E-state index contributed by atoms with van der Waals surface area (Å²) in [6.45, 7) is -1.07. The number of aliphatic hydroxyl groups is 1. The van der Waals surface area contributed by atoms with Crippen LogP contribution in [0.3, 0.4) is 0 Å². The Morgan fingerprint density at radius 3 is 3.20 bits per heavy atom. The van der Waals surface area contributed by atoms with E-state index in [9.17, 15) is 4.39 Å². The summed E-state index contributed by atoms with van der Waals surface area (Å²) in [5, 5.41) is 17.9. The first-order chi connectivity index (χ1) is 7.67. The molecule has 0 fully saturated rings. The monoisotopic (exact) mass is 208 g/mol. The molecule has 1 atom stereocenters. The van der Waals surface area contributed by atoms with Crippen molar-refractivity contribution in [3.8, 4) is 11.8 Å². The highest BCUT2D eigenvalue weighted by Gasteiger charge is 2.21. The Morgan fingerprint density at radius 2 is 2.53 bits per heavy atom. The number of fused-ring (bicyclic) bond motifs is 1. The molecule has 4 heteroatoms. The van der Waals surface area contributed by atoms with Gasteiger partial charge in [-0.05, 0) is 24.5 Å². The van der Waals surface area contributed by atoms with Crippen molar-refractivity contribution in [2.45, 2.75) is 19.4 Å². The number of ether oxygens (including phenoxy) is 1. The Morgan fingerprint density at radius 1 is 1.73 bits per heavy atom. The minimum Gasteiger partial charge on any atom is -0.492 e. The lowest BCUT2D eigenvalue weighted by molar-refractivity contribution is 0.264. The van der Waals surface area contributed by atoms with Crippen molar-refractivity contribution in [2.75, 3.05) is 6.58 Å². The van der Waals surface area contributed by atoms with Gasteiger partial charge in [0.25, 0.3) is 0 Å². The summed E-state index contributed by atoms with van der Waals surface area (Å²) in [5.41, 5.74) is 0.895. The maximum atomic E-state index is 13.5. The lowest BCUT2D eigenvalue weighted by atomic mass is 9.97. The molecule has 78 valence electrons. The van der Waals surface area contributed by atoms with Crippen LogP contribution in [-0.2, 0) is 13.0 Å². The van der Waals surface area contributed by atoms with E-state index < -0.39 is 12.4 Å². The number of aliphatic hydroxyl groups excluding tert-OH is 1. The van der Waals surface area contributed by atoms with Crippen molar-refractivity contribution in [2.24, 2.45) is 0 Å². The lowest BCUT2D eigenvalue weighted by Crippen LogP contribution is -2.13. The molecule has 0 amide bonds. The third-order valence-electron chi connectivity index (χ3n) is 2.42. The molecule has 0 saturated heterocycles. The molecule has 0 aliphatic carbocycles. The molecule has 1 aromatic rings. The fourth-order valence-corrected chi connectivity index (χ4v) is 1.71. The second-order valence-corrected chi connectivity index (χ2v) is 3.29. The standard InChI is InChI=1S/C11H10FNO2/c12-10-4-7(6-14)8-2-1-3-15-11(8)9(10)5-13/h4,14H,1-3,6H2/i3D. The molecule has 1 aliphatic rings. The molecule has 0 bridgehead atoms. The first-order valence-corrected chi connectivity index (χ1v) is 4.61. The first kappa shape index (κ1) is 8.69. The van der Waals surface area contributed by atoms with Gasteiger partial charge in [0.1, 0.15) is 23.2 Å². The summed E-state index contributed by atoms with van der Waals surface area (Å²) in [7, 11) is 0. The van der Waals surface area contributed by atoms with Crippen LogP contribution in [0.5, 0.6) is 5.75 Å². The molecule has 0 aromatic heterocycles. The van der Waals surface area contributed by atoms with Crippen molar-refractivity contribution in [1.29, 1.82) is 5.26 Å². The second-order valence-electron chi connectivity index (χ2n) is 3.29.